The molecule has 0 saturated heterocycles. The molecular formula is C17H26BrNO2. The highest BCUT2D eigenvalue weighted by Crippen LogP contribution is 2.36. The van der Waals surface area contributed by atoms with Gasteiger partial charge in [0.25, 0.3) is 0 Å². The maximum absolute atomic E-state index is 5.63. The summed E-state index contributed by atoms with van der Waals surface area (Å²) in [5.41, 5.74) is 1.21. The fraction of sp³-hybridized carbons (Fsp3) is 0.647. The van der Waals surface area contributed by atoms with Crippen molar-refractivity contribution in [2.45, 2.75) is 52.1 Å². The van der Waals surface area contributed by atoms with Crippen LogP contribution in [0.1, 0.15) is 45.1 Å². The van der Waals surface area contributed by atoms with Crippen molar-refractivity contribution in [3.8, 4) is 11.5 Å². The summed E-state index contributed by atoms with van der Waals surface area (Å²) in [5, 5.41) is 3.65. The lowest BCUT2D eigenvalue weighted by Crippen LogP contribution is -2.31. The fourth-order valence-electron chi connectivity index (χ4n) is 3.06. The first kappa shape index (κ1) is 16.6. The Kier molecular flexibility index (Phi) is 6.37. The van der Waals surface area contributed by atoms with Gasteiger partial charge in [0.15, 0.2) is 11.5 Å². The summed E-state index contributed by atoms with van der Waals surface area (Å²) < 4.78 is 12.0. The van der Waals surface area contributed by atoms with Gasteiger partial charge in [0.05, 0.1) is 18.2 Å². The number of benzene rings is 1. The zero-order valence-corrected chi connectivity index (χ0v) is 14.8. The van der Waals surface area contributed by atoms with Crippen LogP contribution in [0, 0.1) is 5.92 Å². The highest BCUT2D eigenvalue weighted by atomic mass is 79.9. The largest absolute Gasteiger partial charge is 0.493 e. The second-order valence-electron chi connectivity index (χ2n) is 5.76. The third-order valence-electron chi connectivity index (χ3n) is 4.31. The van der Waals surface area contributed by atoms with Gasteiger partial charge in [-0.15, -0.1) is 0 Å². The van der Waals surface area contributed by atoms with Crippen molar-refractivity contribution in [1.29, 1.82) is 0 Å². The van der Waals surface area contributed by atoms with E-state index >= 15 is 0 Å². The Morgan fingerprint density at radius 3 is 2.67 bits per heavy atom. The molecule has 0 bridgehead atoms. The van der Waals surface area contributed by atoms with E-state index in [1.807, 2.05) is 6.92 Å². The van der Waals surface area contributed by atoms with E-state index in [0.717, 1.165) is 28.4 Å². The summed E-state index contributed by atoms with van der Waals surface area (Å²) in [6.07, 6.45) is 5.51. The van der Waals surface area contributed by atoms with Gasteiger partial charge in [0.1, 0.15) is 0 Å². The van der Waals surface area contributed by atoms with Gasteiger partial charge >= 0.3 is 0 Å². The van der Waals surface area contributed by atoms with Crippen molar-refractivity contribution in [2.24, 2.45) is 5.92 Å². The molecule has 0 amide bonds. The lowest BCUT2D eigenvalue weighted by molar-refractivity contribution is 0.308. The Morgan fingerprint density at radius 2 is 2.05 bits per heavy atom. The van der Waals surface area contributed by atoms with Crippen LogP contribution >= 0.6 is 15.9 Å². The van der Waals surface area contributed by atoms with Crippen LogP contribution in [0.15, 0.2) is 16.6 Å². The van der Waals surface area contributed by atoms with Crippen molar-refractivity contribution < 1.29 is 9.47 Å². The first-order chi connectivity index (χ1) is 10.2. The summed E-state index contributed by atoms with van der Waals surface area (Å²) in [4.78, 5) is 0. The van der Waals surface area contributed by atoms with E-state index < -0.39 is 0 Å². The van der Waals surface area contributed by atoms with E-state index in [4.69, 9.17) is 9.47 Å². The fourth-order valence-corrected chi connectivity index (χ4v) is 3.67. The third kappa shape index (κ3) is 4.36. The topological polar surface area (TPSA) is 30.5 Å². The molecule has 1 aromatic rings. The molecule has 1 aliphatic rings. The molecular weight excluding hydrogens is 330 g/mol. The minimum Gasteiger partial charge on any atom is -0.493 e. The average Bonchev–Trinajstić information content (AvgIpc) is 3.01. The van der Waals surface area contributed by atoms with Gasteiger partial charge in [-0.25, -0.2) is 0 Å². The van der Waals surface area contributed by atoms with Crippen LogP contribution in [0.3, 0.4) is 0 Å². The number of nitrogens with one attached hydrogen (secondary N) is 1. The van der Waals surface area contributed by atoms with E-state index in [1.54, 1.807) is 7.11 Å². The molecule has 0 radical (unpaired) electrons. The van der Waals surface area contributed by atoms with Crippen LogP contribution in [0.25, 0.3) is 0 Å². The molecule has 1 fully saturated rings. The van der Waals surface area contributed by atoms with E-state index in [2.05, 4.69) is 40.3 Å². The second kappa shape index (κ2) is 8.04. The molecule has 1 aliphatic carbocycles. The van der Waals surface area contributed by atoms with Gasteiger partial charge < -0.3 is 14.8 Å². The molecule has 1 aromatic carbocycles. The normalized spacial score (nSPS) is 17.0. The summed E-state index contributed by atoms with van der Waals surface area (Å²) in [6, 6.07) is 4.75. The maximum Gasteiger partial charge on any atom is 0.175 e. The molecule has 1 atom stereocenters. The molecule has 4 heteroatoms. The van der Waals surface area contributed by atoms with Crippen molar-refractivity contribution >= 4 is 15.9 Å². The summed E-state index contributed by atoms with van der Waals surface area (Å²) in [6.45, 7) is 5.77. The van der Waals surface area contributed by atoms with E-state index in [0.29, 0.717) is 12.6 Å². The van der Waals surface area contributed by atoms with Crippen LogP contribution < -0.4 is 14.8 Å². The van der Waals surface area contributed by atoms with Crippen LogP contribution in [-0.2, 0) is 6.54 Å². The predicted octanol–water partition coefficient (Wildman–Crippen LogP) is 4.52. The number of hydrogen-bond acceptors (Lipinski definition) is 3. The predicted molar refractivity (Wildman–Crippen MR) is 90.1 cm³/mol. The van der Waals surface area contributed by atoms with Gasteiger partial charge in [-0.05, 0) is 66.2 Å². The maximum atomic E-state index is 5.63. The quantitative estimate of drug-likeness (QED) is 0.779. The Labute approximate surface area is 136 Å². The molecule has 1 saturated carbocycles. The summed E-state index contributed by atoms with van der Waals surface area (Å²) in [5.74, 6) is 2.40. The van der Waals surface area contributed by atoms with Crippen molar-refractivity contribution in [3.63, 3.8) is 0 Å². The zero-order chi connectivity index (χ0) is 15.2. The molecule has 0 aromatic heterocycles. The molecule has 2 rings (SSSR count). The van der Waals surface area contributed by atoms with E-state index in [9.17, 15) is 0 Å². The Balaban J connectivity index is 2.01. The van der Waals surface area contributed by atoms with Crippen LogP contribution in [0.5, 0.6) is 11.5 Å². The lowest BCUT2D eigenvalue weighted by Gasteiger charge is -2.21. The first-order valence-electron chi connectivity index (χ1n) is 7.88. The highest BCUT2D eigenvalue weighted by Gasteiger charge is 2.21. The van der Waals surface area contributed by atoms with Crippen molar-refractivity contribution in [3.05, 3.63) is 22.2 Å². The van der Waals surface area contributed by atoms with Crippen molar-refractivity contribution in [2.75, 3.05) is 13.7 Å². The van der Waals surface area contributed by atoms with E-state index in [-0.39, 0.29) is 0 Å². The lowest BCUT2D eigenvalue weighted by atomic mass is 9.99. The van der Waals surface area contributed by atoms with Crippen LogP contribution in [0.4, 0.5) is 0 Å². The first-order valence-corrected chi connectivity index (χ1v) is 8.67. The summed E-state index contributed by atoms with van der Waals surface area (Å²) in [7, 11) is 1.68. The number of halogens is 1. The van der Waals surface area contributed by atoms with Gasteiger partial charge in [0, 0.05) is 12.6 Å². The van der Waals surface area contributed by atoms with Gasteiger partial charge in [-0.3, -0.25) is 0 Å². The van der Waals surface area contributed by atoms with E-state index in [1.165, 1.54) is 31.2 Å². The monoisotopic (exact) mass is 355 g/mol. The standard InChI is InChI=1S/C17H26BrNO2/c1-4-21-17-15(18)9-13(10-16(17)20-3)11-19-12(2)14-7-5-6-8-14/h9-10,12,14,19H,4-8,11H2,1-3H3/t12-/m1/s1. The van der Waals surface area contributed by atoms with Crippen molar-refractivity contribution in [1.82, 2.24) is 5.32 Å². The third-order valence-corrected chi connectivity index (χ3v) is 4.90. The number of rotatable bonds is 7. The van der Waals surface area contributed by atoms with Crippen LogP contribution in [-0.4, -0.2) is 19.8 Å². The number of hydrogen-bond donors (Lipinski definition) is 1. The van der Waals surface area contributed by atoms with Gasteiger partial charge in [0.2, 0.25) is 0 Å². The summed E-state index contributed by atoms with van der Waals surface area (Å²) >= 11 is 3.58. The second-order valence-corrected chi connectivity index (χ2v) is 6.61. The molecule has 3 nitrogen and oxygen atoms in total. The Hall–Kier alpha value is -0.740. The minimum absolute atomic E-state index is 0.573. The molecule has 118 valence electrons. The minimum atomic E-state index is 0.573. The molecule has 21 heavy (non-hydrogen) atoms. The molecule has 1 N–H and O–H groups in total. The highest BCUT2D eigenvalue weighted by molar-refractivity contribution is 9.10. The zero-order valence-electron chi connectivity index (χ0n) is 13.2. The number of ether oxygens (including phenoxy) is 2. The molecule has 0 spiro atoms. The molecule has 0 unspecified atom stereocenters. The Morgan fingerprint density at radius 1 is 1.33 bits per heavy atom. The number of methoxy groups -OCH3 is 1. The van der Waals surface area contributed by atoms with Crippen LogP contribution in [0.2, 0.25) is 0 Å². The van der Waals surface area contributed by atoms with Gasteiger partial charge in [-0.1, -0.05) is 12.8 Å². The van der Waals surface area contributed by atoms with Gasteiger partial charge in [-0.2, -0.15) is 0 Å². The molecule has 0 heterocycles. The average molecular weight is 356 g/mol. The SMILES string of the molecule is CCOc1c(Br)cc(CN[C@H](C)C2CCCC2)cc1OC. The smallest absolute Gasteiger partial charge is 0.175 e. The Bertz CT molecular complexity index is 458. The molecule has 0 aliphatic heterocycles.